The van der Waals surface area contributed by atoms with Crippen LogP contribution in [0.25, 0.3) is 0 Å². The highest BCUT2D eigenvalue weighted by Gasteiger charge is 2.33. The van der Waals surface area contributed by atoms with Crippen LogP contribution in [-0.4, -0.2) is 35.6 Å². The fourth-order valence-electron chi connectivity index (χ4n) is 2.75. The summed E-state index contributed by atoms with van der Waals surface area (Å²) in [5.74, 6) is -0.949. The maximum Gasteiger partial charge on any atom is 0.261 e. The van der Waals surface area contributed by atoms with E-state index in [2.05, 4.69) is 5.32 Å². The molecule has 0 spiro atoms. The highest BCUT2D eigenvalue weighted by molar-refractivity contribution is 6.22. The van der Waals surface area contributed by atoms with Gasteiger partial charge in [0.1, 0.15) is 11.5 Å². The Balaban J connectivity index is 1.67. The number of hydrogen-bond donors (Lipinski definition) is 1. The van der Waals surface area contributed by atoms with Crippen LogP contribution in [0.3, 0.4) is 0 Å². The minimum atomic E-state index is -0.475. The summed E-state index contributed by atoms with van der Waals surface area (Å²) in [6.07, 6.45) is 0. The SMILES string of the molecule is CN1C(=O)c2ccc(Oc3ccc4c(c3)C(=O)NC4=O)cc2C1=O. The molecule has 0 unspecified atom stereocenters. The van der Waals surface area contributed by atoms with E-state index in [1.807, 2.05) is 0 Å². The first kappa shape index (κ1) is 14.1. The molecule has 7 heteroatoms. The molecule has 0 aliphatic carbocycles. The smallest absolute Gasteiger partial charge is 0.261 e. The van der Waals surface area contributed by atoms with E-state index in [0.29, 0.717) is 22.6 Å². The average Bonchev–Trinajstić information content (AvgIpc) is 2.97. The van der Waals surface area contributed by atoms with E-state index >= 15 is 0 Å². The highest BCUT2D eigenvalue weighted by atomic mass is 16.5. The number of hydrogen-bond acceptors (Lipinski definition) is 5. The maximum atomic E-state index is 12.0. The first-order valence-corrected chi connectivity index (χ1v) is 7.10. The molecule has 118 valence electrons. The molecule has 0 saturated heterocycles. The summed E-state index contributed by atoms with van der Waals surface area (Å²) in [4.78, 5) is 48.1. The van der Waals surface area contributed by atoms with E-state index in [4.69, 9.17) is 4.74 Å². The summed E-state index contributed by atoms with van der Waals surface area (Å²) < 4.78 is 5.66. The van der Waals surface area contributed by atoms with Crippen LogP contribution in [0.1, 0.15) is 41.4 Å². The lowest BCUT2D eigenvalue weighted by Crippen LogP contribution is -2.24. The Morgan fingerprint density at radius 1 is 0.750 bits per heavy atom. The Bertz CT molecular complexity index is 963. The molecule has 2 aromatic rings. The Kier molecular flexibility index (Phi) is 2.80. The molecule has 4 rings (SSSR count). The highest BCUT2D eigenvalue weighted by Crippen LogP contribution is 2.30. The van der Waals surface area contributed by atoms with Gasteiger partial charge >= 0.3 is 0 Å². The summed E-state index contributed by atoms with van der Waals surface area (Å²) in [7, 11) is 1.42. The van der Waals surface area contributed by atoms with Gasteiger partial charge in [0.25, 0.3) is 23.6 Å². The zero-order chi connectivity index (χ0) is 17.0. The standard InChI is InChI=1S/C17H10N2O5/c1-19-16(22)11-5-3-9(7-13(11)17(19)23)24-8-2-4-10-12(6-8)15(21)18-14(10)20/h2-7H,1H3,(H,18,20,21). The summed E-state index contributed by atoms with van der Waals surface area (Å²) >= 11 is 0. The molecule has 0 atom stereocenters. The van der Waals surface area contributed by atoms with Crippen molar-refractivity contribution in [1.82, 2.24) is 10.2 Å². The Morgan fingerprint density at radius 3 is 2.00 bits per heavy atom. The first-order chi connectivity index (χ1) is 11.5. The van der Waals surface area contributed by atoms with Gasteiger partial charge in [0.15, 0.2) is 0 Å². The molecule has 0 bridgehead atoms. The number of carbonyl (C=O) groups excluding carboxylic acids is 4. The number of carbonyl (C=O) groups is 4. The number of rotatable bonds is 2. The topological polar surface area (TPSA) is 92.8 Å². The molecular weight excluding hydrogens is 312 g/mol. The molecule has 24 heavy (non-hydrogen) atoms. The van der Waals surface area contributed by atoms with Crippen molar-refractivity contribution in [2.24, 2.45) is 0 Å². The van der Waals surface area contributed by atoms with Crippen molar-refractivity contribution in [2.75, 3.05) is 7.05 Å². The first-order valence-electron chi connectivity index (χ1n) is 7.10. The third-order valence-corrected chi connectivity index (χ3v) is 4.00. The van der Waals surface area contributed by atoms with Crippen LogP contribution in [0.5, 0.6) is 11.5 Å². The fourth-order valence-corrected chi connectivity index (χ4v) is 2.75. The van der Waals surface area contributed by atoms with Crippen molar-refractivity contribution in [3.63, 3.8) is 0 Å². The minimum absolute atomic E-state index is 0.240. The van der Waals surface area contributed by atoms with E-state index in [1.54, 1.807) is 12.1 Å². The van der Waals surface area contributed by atoms with Crippen molar-refractivity contribution in [3.05, 3.63) is 58.7 Å². The van der Waals surface area contributed by atoms with Crippen molar-refractivity contribution >= 4 is 23.6 Å². The van der Waals surface area contributed by atoms with Crippen LogP contribution in [0, 0.1) is 0 Å². The van der Waals surface area contributed by atoms with Crippen LogP contribution in [0.15, 0.2) is 36.4 Å². The van der Waals surface area contributed by atoms with E-state index in [9.17, 15) is 19.2 Å². The lowest BCUT2D eigenvalue weighted by atomic mass is 10.1. The second-order valence-electron chi connectivity index (χ2n) is 5.47. The Morgan fingerprint density at radius 2 is 1.29 bits per heavy atom. The number of benzene rings is 2. The monoisotopic (exact) mass is 322 g/mol. The molecule has 0 saturated carbocycles. The number of nitrogens with zero attached hydrogens (tertiary/aromatic N) is 1. The van der Waals surface area contributed by atoms with E-state index < -0.39 is 11.8 Å². The van der Waals surface area contributed by atoms with Crippen LogP contribution >= 0.6 is 0 Å². The molecule has 2 aromatic carbocycles. The lowest BCUT2D eigenvalue weighted by molar-refractivity contribution is 0.0691. The molecule has 0 aromatic heterocycles. The van der Waals surface area contributed by atoms with Crippen LogP contribution in [-0.2, 0) is 0 Å². The molecular formula is C17H10N2O5. The lowest BCUT2D eigenvalue weighted by Gasteiger charge is -2.07. The van der Waals surface area contributed by atoms with Crippen LogP contribution < -0.4 is 10.1 Å². The maximum absolute atomic E-state index is 12.0. The van der Waals surface area contributed by atoms with Gasteiger partial charge in [-0.05, 0) is 36.4 Å². The van der Waals surface area contributed by atoms with E-state index in [0.717, 1.165) is 4.90 Å². The summed E-state index contributed by atoms with van der Waals surface area (Å²) in [6.45, 7) is 0. The fraction of sp³-hybridized carbons (Fsp3) is 0.0588. The van der Waals surface area contributed by atoms with Gasteiger partial charge in [-0.2, -0.15) is 0 Å². The Labute approximate surface area is 135 Å². The predicted molar refractivity (Wildman–Crippen MR) is 81.2 cm³/mol. The van der Waals surface area contributed by atoms with Gasteiger partial charge in [-0.1, -0.05) is 0 Å². The quantitative estimate of drug-likeness (QED) is 0.848. The van der Waals surface area contributed by atoms with Gasteiger partial charge in [0, 0.05) is 7.05 Å². The van der Waals surface area contributed by atoms with Gasteiger partial charge < -0.3 is 4.74 Å². The van der Waals surface area contributed by atoms with Gasteiger partial charge in [0.2, 0.25) is 0 Å². The average molecular weight is 322 g/mol. The van der Waals surface area contributed by atoms with Gasteiger partial charge in [-0.3, -0.25) is 29.4 Å². The third kappa shape index (κ3) is 1.91. The molecule has 2 aliphatic heterocycles. The third-order valence-electron chi connectivity index (χ3n) is 4.00. The summed E-state index contributed by atoms with van der Waals surface area (Å²) in [5.41, 5.74) is 1.14. The molecule has 7 nitrogen and oxygen atoms in total. The molecule has 1 N–H and O–H groups in total. The number of ether oxygens (including phenoxy) is 1. The van der Waals surface area contributed by atoms with Gasteiger partial charge in [-0.25, -0.2) is 0 Å². The largest absolute Gasteiger partial charge is 0.457 e. The van der Waals surface area contributed by atoms with Crippen LogP contribution in [0.4, 0.5) is 0 Å². The molecule has 0 radical (unpaired) electrons. The minimum Gasteiger partial charge on any atom is -0.457 e. The van der Waals surface area contributed by atoms with Crippen molar-refractivity contribution in [2.45, 2.75) is 0 Å². The van der Waals surface area contributed by atoms with E-state index in [-0.39, 0.29) is 22.9 Å². The summed E-state index contributed by atoms with van der Waals surface area (Å²) in [5, 5.41) is 2.20. The molecule has 0 fully saturated rings. The molecule has 4 amide bonds. The molecule has 2 aliphatic rings. The van der Waals surface area contributed by atoms with Gasteiger partial charge in [0.05, 0.1) is 22.3 Å². The predicted octanol–water partition coefficient (Wildman–Crippen LogP) is 1.59. The van der Waals surface area contributed by atoms with Crippen molar-refractivity contribution < 1.29 is 23.9 Å². The summed E-state index contributed by atoms with van der Waals surface area (Å²) in [6, 6.07) is 9.10. The number of imide groups is 2. The van der Waals surface area contributed by atoms with Crippen molar-refractivity contribution in [1.29, 1.82) is 0 Å². The molecule has 2 heterocycles. The van der Waals surface area contributed by atoms with Gasteiger partial charge in [-0.15, -0.1) is 0 Å². The second kappa shape index (κ2) is 4.76. The van der Waals surface area contributed by atoms with Crippen molar-refractivity contribution in [3.8, 4) is 11.5 Å². The Hall–Kier alpha value is -3.48. The number of amides is 4. The van der Waals surface area contributed by atoms with Crippen LogP contribution in [0.2, 0.25) is 0 Å². The zero-order valence-electron chi connectivity index (χ0n) is 12.5. The number of fused-ring (bicyclic) bond motifs is 2. The number of nitrogens with one attached hydrogen (secondary N) is 1. The zero-order valence-corrected chi connectivity index (χ0v) is 12.5. The normalized spacial score (nSPS) is 15.5. The second-order valence-corrected chi connectivity index (χ2v) is 5.47. The van der Waals surface area contributed by atoms with E-state index in [1.165, 1.54) is 31.3 Å².